The number of carbonyl (C=O) groups is 1. The molecule has 0 amide bonds. The minimum atomic E-state index is -5.50. The molecule has 0 aliphatic heterocycles. The summed E-state index contributed by atoms with van der Waals surface area (Å²) in [5, 5.41) is 40.7. The second kappa shape index (κ2) is 15.7. The number of aliphatic hydroxyl groups excluding tert-OH is 4. The number of rotatable bonds is 17. The lowest BCUT2D eigenvalue weighted by Gasteiger charge is -2.44. The van der Waals surface area contributed by atoms with Gasteiger partial charge in [0, 0.05) is 6.42 Å². The van der Waals surface area contributed by atoms with E-state index in [0.717, 1.165) is 0 Å². The highest BCUT2D eigenvalue weighted by Gasteiger charge is 2.56. The van der Waals surface area contributed by atoms with Crippen molar-refractivity contribution < 1.29 is 91.0 Å². The summed E-state index contributed by atoms with van der Waals surface area (Å²) in [4.78, 5) is 58.3. The van der Waals surface area contributed by atoms with Crippen molar-refractivity contribution in [3.05, 3.63) is 0 Å². The molecule has 0 spiro atoms. The molecule has 1 rings (SSSR count). The molecule has 9 N–H and O–H groups in total. The Bertz CT molecular complexity index is 868. The molecule has 0 bridgehead atoms. The molecule has 0 saturated heterocycles. The normalized spacial score (nSPS) is 29.4. The van der Waals surface area contributed by atoms with Gasteiger partial charge in [-0.05, 0) is 12.8 Å². The zero-order valence-electron chi connectivity index (χ0n) is 20.8. The van der Waals surface area contributed by atoms with Gasteiger partial charge in [-0.1, -0.05) is 20.3 Å². The second-order valence-electron chi connectivity index (χ2n) is 8.37. The third-order valence-corrected chi connectivity index (χ3v) is 7.00. The Morgan fingerprint density at radius 1 is 0.769 bits per heavy atom. The standard InChI is InChI=1S/C17H35O19P3/c1-3-5-10(18)31-7-9(33-11(19)6-4-2)8-32-39(29,30)36-17-13(21)15(34-37(23,24)25)12(20)16(14(17)22)35-38(26,27)28/h9-10,12-18,20-22H,3-8H2,1-2H3,(H,29,30)(H2,23,24,25)(H2,26,27,28)/t9-,10-,12?,13-,14-,15-,16+,17?/m1/s1. The molecule has 1 aliphatic carbocycles. The number of esters is 1. The van der Waals surface area contributed by atoms with Gasteiger partial charge in [-0.25, -0.2) is 13.7 Å². The predicted octanol–water partition coefficient (Wildman–Crippen LogP) is -1.61. The molecule has 3 unspecified atom stereocenters. The second-order valence-corrected chi connectivity index (χ2v) is 12.2. The molecule has 19 nitrogen and oxygen atoms in total. The molecule has 0 aromatic rings. The minimum Gasteiger partial charge on any atom is -0.457 e. The van der Waals surface area contributed by atoms with Crippen LogP contribution in [0.5, 0.6) is 0 Å². The summed E-state index contributed by atoms with van der Waals surface area (Å²) in [5.41, 5.74) is 0. The molecule has 0 aromatic heterocycles. The van der Waals surface area contributed by atoms with Gasteiger partial charge in [-0.3, -0.25) is 22.9 Å². The maximum atomic E-state index is 12.6. The van der Waals surface area contributed by atoms with Gasteiger partial charge in [0.25, 0.3) is 0 Å². The Labute approximate surface area is 222 Å². The molecule has 0 radical (unpaired) electrons. The summed E-state index contributed by atoms with van der Waals surface area (Å²) in [5.74, 6) is -0.740. The fraction of sp³-hybridized carbons (Fsp3) is 0.941. The average Bonchev–Trinajstić information content (AvgIpc) is 2.78. The van der Waals surface area contributed by atoms with E-state index in [4.69, 9.17) is 33.6 Å². The zero-order chi connectivity index (χ0) is 30.2. The van der Waals surface area contributed by atoms with Crippen LogP contribution < -0.4 is 0 Å². The summed E-state index contributed by atoms with van der Waals surface area (Å²) >= 11 is 0. The molecule has 22 heteroatoms. The maximum absolute atomic E-state index is 12.6. The van der Waals surface area contributed by atoms with Gasteiger partial charge in [0.15, 0.2) is 6.29 Å². The van der Waals surface area contributed by atoms with Crippen molar-refractivity contribution >= 4 is 29.4 Å². The first-order valence-electron chi connectivity index (χ1n) is 11.5. The lowest BCUT2D eigenvalue weighted by Crippen LogP contribution is -2.65. The van der Waals surface area contributed by atoms with Crippen LogP contribution in [0, 0.1) is 0 Å². The summed E-state index contributed by atoms with van der Waals surface area (Å²) in [6.07, 6.45) is -16.3. The van der Waals surface area contributed by atoms with Crippen LogP contribution in [0.25, 0.3) is 0 Å². The van der Waals surface area contributed by atoms with Crippen LogP contribution in [0.3, 0.4) is 0 Å². The quantitative estimate of drug-likeness (QED) is 0.0492. The van der Waals surface area contributed by atoms with Crippen LogP contribution in [-0.2, 0) is 46.1 Å². The van der Waals surface area contributed by atoms with Gasteiger partial charge < -0.3 is 54.4 Å². The Kier molecular flexibility index (Phi) is 14.8. The molecular formula is C17H35O19P3. The largest absolute Gasteiger partial charge is 0.472 e. The summed E-state index contributed by atoms with van der Waals surface area (Å²) in [6.45, 7) is 2.04. The lowest BCUT2D eigenvalue weighted by atomic mass is 9.85. The van der Waals surface area contributed by atoms with Crippen LogP contribution in [0.15, 0.2) is 0 Å². The van der Waals surface area contributed by atoms with E-state index in [9.17, 15) is 43.8 Å². The van der Waals surface area contributed by atoms with Crippen molar-refractivity contribution in [3.8, 4) is 0 Å². The van der Waals surface area contributed by atoms with E-state index in [1.165, 1.54) is 0 Å². The predicted molar refractivity (Wildman–Crippen MR) is 124 cm³/mol. The minimum absolute atomic E-state index is 0.0357. The Balaban J connectivity index is 3.09. The van der Waals surface area contributed by atoms with Crippen molar-refractivity contribution in [3.63, 3.8) is 0 Å². The van der Waals surface area contributed by atoms with Gasteiger partial charge in [-0.15, -0.1) is 0 Å². The zero-order valence-corrected chi connectivity index (χ0v) is 23.5. The van der Waals surface area contributed by atoms with Crippen LogP contribution >= 0.6 is 23.5 Å². The topological polar surface area (TPSA) is 306 Å². The molecule has 1 fully saturated rings. The first-order chi connectivity index (χ1) is 17.8. The summed E-state index contributed by atoms with van der Waals surface area (Å²) in [6, 6.07) is 0. The van der Waals surface area contributed by atoms with E-state index in [0.29, 0.717) is 12.8 Å². The Morgan fingerprint density at radius 3 is 1.64 bits per heavy atom. The van der Waals surface area contributed by atoms with E-state index < -0.39 is 91.7 Å². The third-order valence-electron chi connectivity index (χ3n) is 4.98. The Hall–Kier alpha value is -0.400. The van der Waals surface area contributed by atoms with Crippen LogP contribution in [0.2, 0.25) is 0 Å². The van der Waals surface area contributed by atoms with Crippen LogP contribution in [0.4, 0.5) is 0 Å². The number of hydrogen-bond acceptors (Lipinski definition) is 14. The fourth-order valence-corrected chi connectivity index (χ4v) is 5.44. The van der Waals surface area contributed by atoms with Gasteiger partial charge in [0.1, 0.15) is 42.7 Å². The number of phosphoric ester groups is 3. The van der Waals surface area contributed by atoms with E-state index in [1.54, 1.807) is 13.8 Å². The van der Waals surface area contributed by atoms with Crippen molar-refractivity contribution in [2.45, 2.75) is 88.5 Å². The lowest BCUT2D eigenvalue weighted by molar-refractivity contribution is -0.213. The highest BCUT2D eigenvalue weighted by atomic mass is 31.2. The van der Waals surface area contributed by atoms with E-state index >= 15 is 0 Å². The highest BCUT2D eigenvalue weighted by molar-refractivity contribution is 7.47. The molecule has 9 atom stereocenters. The number of hydrogen-bond donors (Lipinski definition) is 9. The van der Waals surface area contributed by atoms with Crippen molar-refractivity contribution in [1.29, 1.82) is 0 Å². The summed E-state index contributed by atoms with van der Waals surface area (Å²) < 4.78 is 63.2. The molecule has 1 aliphatic rings. The highest BCUT2D eigenvalue weighted by Crippen LogP contribution is 2.50. The average molecular weight is 636 g/mol. The number of ether oxygens (including phenoxy) is 2. The van der Waals surface area contributed by atoms with Gasteiger partial charge >= 0.3 is 29.4 Å². The SMILES string of the molecule is CCCC(=O)O[C@H](CO[C@@H](O)CCC)COP(=O)(O)OC1[C@H](O)[C@H](OP(=O)(O)O)C(O)[C@H](OP(=O)(O)O)[C@H]1O. The van der Waals surface area contributed by atoms with Crippen LogP contribution in [0.1, 0.15) is 39.5 Å². The third kappa shape index (κ3) is 13.4. The maximum Gasteiger partial charge on any atom is 0.472 e. The van der Waals surface area contributed by atoms with Crippen LogP contribution in [-0.4, -0.2) is 113 Å². The van der Waals surface area contributed by atoms with E-state index in [-0.39, 0.29) is 12.8 Å². The fourth-order valence-electron chi connectivity index (χ4n) is 3.33. The van der Waals surface area contributed by atoms with Crippen molar-refractivity contribution in [1.82, 2.24) is 0 Å². The monoisotopic (exact) mass is 636 g/mol. The number of phosphoric acid groups is 3. The molecule has 0 aromatic carbocycles. The molecule has 1 saturated carbocycles. The first-order valence-corrected chi connectivity index (χ1v) is 16.0. The van der Waals surface area contributed by atoms with Crippen molar-refractivity contribution in [2.24, 2.45) is 0 Å². The first kappa shape index (κ1) is 36.6. The smallest absolute Gasteiger partial charge is 0.457 e. The van der Waals surface area contributed by atoms with Gasteiger partial charge in [0.05, 0.1) is 13.2 Å². The number of aliphatic hydroxyl groups is 4. The molecular weight excluding hydrogens is 601 g/mol. The molecule has 0 heterocycles. The van der Waals surface area contributed by atoms with Gasteiger partial charge in [0.2, 0.25) is 0 Å². The van der Waals surface area contributed by atoms with Crippen molar-refractivity contribution in [2.75, 3.05) is 13.2 Å². The summed E-state index contributed by atoms with van der Waals surface area (Å²) in [7, 11) is -16.4. The number of carbonyl (C=O) groups excluding carboxylic acids is 1. The molecule has 232 valence electrons. The van der Waals surface area contributed by atoms with Gasteiger partial charge in [-0.2, -0.15) is 0 Å². The van der Waals surface area contributed by atoms with E-state index in [2.05, 4.69) is 13.6 Å². The Morgan fingerprint density at radius 2 is 1.23 bits per heavy atom. The van der Waals surface area contributed by atoms with E-state index in [1.807, 2.05) is 0 Å². The molecule has 39 heavy (non-hydrogen) atoms.